The molecule has 0 radical (unpaired) electrons. The summed E-state index contributed by atoms with van der Waals surface area (Å²) in [6, 6.07) is 13.5. The first-order valence-electron chi connectivity index (χ1n) is 9.83. The van der Waals surface area contributed by atoms with Crippen molar-refractivity contribution in [2.75, 3.05) is 26.0 Å². The maximum Gasteiger partial charge on any atom is 0.322 e. The number of piperidine rings is 1. The zero-order valence-corrected chi connectivity index (χ0v) is 18.3. The molecule has 0 aliphatic carbocycles. The van der Waals surface area contributed by atoms with Gasteiger partial charge in [0, 0.05) is 13.1 Å². The molecule has 0 atom stereocenters. The Balaban J connectivity index is 1.52. The van der Waals surface area contributed by atoms with Crippen LogP contribution in [0.5, 0.6) is 17.2 Å². The van der Waals surface area contributed by atoms with Gasteiger partial charge in [-0.3, -0.25) is 4.79 Å². The monoisotopic (exact) mass is 433 g/mol. The zero-order valence-electron chi connectivity index (χ0n) is 17.5. The van der Waals surface area contributed by atoms with Crippen LogP contribution in [-0.2, 0) is 19.6 Å². The number of esters is 1. The van der Waals surface area contributed by atoms with Crippen LogP contribution in [0.15, 0.2) is 42.5 Å². The van der Waals surface area contributed by atoms with Crippen LogP contribution in [0.3, 0.4) is 0 Å². The van der Waals surface area contributed by atoms with E-state index in [1.165, 1.54) is 11.4 Å². The van der Waals surface area contributed by atoms with Gasteiger partial charge in [-0.1, -0.05) is 6.07 Å². The molecule has 2 aromatic carbocycles. The van der Waals surface area contributed by atoms with E-state index < -0.39 is 21.7 Å². The van der Waals surface area contributed by atoms with E-state index in [-0.39, 0.29) is 6.10 Å². The third-order valence-corrected chi connectivity index (χ3v) is 6.63. The van der Waals surface area contributed by atoms with Crippen LogP contribution < -0.4 is 9.47 Å². The predicted octanol–water partition coefficient (Wildman–Crippen LogP) is 3.44. The van der Waals surface area contributed by atoms with Crippen LogP contribution >= 0.6 is 0 Å². The van der Waals surface area contributed by atoms with Gasteiger partial charge in [-0.2, -0.15) is 0 Å². The van der Waals surface area contributed by atoms with Gasteiger partial charge in [0.05, 0.1) is 7.11 Å². The Labute approximate surface area is 177 Å². The Bertz CT molecular complexity index is 959. The van der Waals surface area contributed by atoms with Crippen LogP contribution in [0.1, 0.15) is 24.0 Å². The van der Waals surface area contributed by atoms with Crippen molar-refractivity contribution >= 4 is 16.0 Å². The van der Waals surface area contributed by atoms with Crippen LogP contribution in [0.4, 0.5) is 0 Å². The molecule has 8 heteroatoms. The maximum absolute atomic E-state index is 12.2. The molecular weight excluding hydrogens is 406 g/mol. The number of hydrogen-bond acceptors (Lipinski definition) is 6. The summed E-state index contributed by atoms with van der Waals surface area (Å²) >= 11 is 0. The van der Waals surface area contributed by atoms with Crippen molar-refractivity contribution in [2.24, 2.45) is 0 Å². The first-order valence-corrected chi connectivity index (χ1v) is 11.4. The predicted molar refractivity (Wildman–Crippen MR) is 113 cm³/mol. The largest absolute Gasteiger partial charge is 0.490 e. The van der Waals surface area contributed by atoms with Crippen molar-refractivity contribution in [1.29, 1.82) is 0 Å². The van der Waals surface area contributed by atoms with Crippen LogP contribution in [0, 0.1) is 13.8 Å². The van der Waals surface area contributed by atoms with Gasteiger partial charge < -0.3 is 14.2 Å². The highest BCUT2D eigenvalue weighted by molar-refractivity contribution is 7.89. The second-order valence-corrected chi connectivity index (χ2v) is 9.41. The standard InChI is InChI=1S/C22H27NO6S/c1-16-12-17(2)14-21(13-16)29-19-6-4-18(5-7-19)28-20-8-10-23(11-9-20)30(25,26)15-22(24)27-3/h4-7,12-14,20H,8-11,15H2,1-3H3. The van der Waals surface area contributed by atoms with E-state index >= 15 is 0 Å². The number of nitrogens with zero attached hydrogens (tertiary/aromatic N) is 1. The maximum atomic E-state index is 12.2. The molecule has 1 saturated heterocycles. The first-order chi connectivity index (χ1) is 14.2. The van der Waals surface area contributed by atoms with Gasteiger partial charge in [-0.05, 0) is 74.2 Å². The average molecular weight is 434 g/mol. The number of carbonyl (C=O) groups excluding carboxylic acids is 1. The van der Waals surface area contributed by atoms with Crippen LogP contribution in [-0.4, -0.2) is 50.7 Å². The lowest BCUT2D eigenvalue weighted by atomic mass is 10.1. The summed E-state index contributed by atoms with van der Waals surface area (Å²) in [4.78, 5) is 11.3. The molecule has 3 rings (SSSR count). The topological polar surface area (TPSA) is 82.1 Å². The Morgan fingerprint density at radius 2 is 1.53 bits per heavy atom. The Hall–Kier alpha value is -2.58. The molecule has 0 unspecified atom stereocenters. The molecule has 162 valence electrons. The van der Waals surface area contributed by atoms with Crippen molar-refractivity contribution in [2.45, 2.75) is 32.8 Å². The molecule has 1 fully saturated rings. The molecule has 30 heavy (non-hydrogen) atoms. The quantitative estimate of drug-likeness (QED) is 0.622. The summed E-state index contributed by atoms with van der Waals surface area (Å²) in [6.07, 6.45) is 1.03. The third-order valence-electron chi connectivity index (χ3n) is 4.88. The van der Waals surface area contributed by atoms with Crippen molar-refractivity contribution in [3.8, 4) is 17.2 Å². The minimum atomic E-state index is -3.65. The van der Waals surface area contributed by atoms with Crippen LogP contribution in [0.2, 0.25) is 0 Å². The number of hydrogen-bond donors (Lipinski definition) is 0. The molecule has 0 bridgehead atoms. The van der Waals surface area contributed by atoms with Gasteiger partial charge in [0.15, 0.2) is 5.75 Å². The van der Waals surface area contributed by atoms with Crippen molar-refractivity contribution < 1.29 is 27.4 Å². The fraction of sp³-hybridized carbons (Fsp3) is 0.409. The third kappa shape index (κ3) is 5.96. The first kappa shape index (κ1) is 22.1. The van der Waals surface area contributed by atoms with E-state index in [9.17, 15) is 13.2 Å². The smallest absolute Gasteiger partial charge is 0.322 e. The minimum absolute atomic E-state index is 0.0826. The van der Waals surface area contributed by atoms with E-state index in [2.05, 4.69) is 10.8 Å². The number of benzene rings is 2. The lowest BCUT2D eigenvalue weighted by Crippen LogP contribution is -2.43. The lowest BCUT2D eigenvalue weighted by Gasteiger charge is -2.31. The van der Waals surface area contributed by atoms with Gasteiger partial charge in [0.2, 0.25) is 10.0 Å². The molecule has 2 aromatic rings. The molecule has 0 saturated carbocycles. The highest BCUT2D eigenvalue weighted by Crippen LogP contribution is 2.27. The highest BCUT2D eigenvalue weighted by Gasteiger charge is 2.30. The zero-order chi connectivity index (χ0) is 21.7. The van der Waals surface area contributed by atoms with Gasteiger partial charge in [-0.15, -0.1) is 0 Å². The number of carbonyl (C=O) groups is 1. The molecule has 0 aromatic heterocycles. The lowest BCUT2D eigenvalue weighted by molar-refractivity contribution is -0.137. The molecule has 0 N–H and O–H groups in total. The number of methoxy groups -OCH3 is 1. The van der Waals surface area contributed by atoms with Gasteiger partial charge >= 0.3 is 5.97 Å². The van der Waals surface area contributed by atoms with Crippen molar-refractivity contribution in [3.05, 3.63) is 53.6 Å². The van der Waals surface area contributed by atoms with Gasteiger partial charge in [0.25, 0.3) is 0 Å². The summed E-state index contributed by atoms with van der Waals surface area (Å²) in [5.74, 6) is 0.838. The molecule has 0 amide bonds. The molecule has 1 heterocycles. The van der Waals surface area contributed by atoms with E-state index in [4.69, 9.17) is 9.47 Å². The SMILES string of the molecule is COC(=O)CS(=O)(=O)N1CCC(Oc2ccc(Oc3cc(C)cc(C)c3)cc2)CC1. The summed E-state index contributed by atoms with van der Waals surface area (Å²) in [5, 5.41) is 0. The van der Waals surface area contributed by atoms with Crippen LogP contribution in [0.25, 0.3) is 0 Å². The van der Waals surface area contributed by atoms with Crippen molar-refractivity contribution in [3.63, 3.8) is 0 Å². The Morgan fingerprint density at radius 1 is 0.967 bits per heavy atom. The summed E-state index contributed by atoms with van der Waals surface area (Å²) in [6.45, 7) is 4.70. The Kier molecular flexibility index (Phi) is 6.99. The average Bonchev–Trinajstić information content (AvgIpc) is 2.69. The van der Waals surface area contributed by atoms with E-state index in [0.29, 0.717) is 31.7 Å². The van der Waals surface area contributed by atoms with Gasteiger partial charge in [-0.25, -0.2) is 12.7 Å². The number of rotatable bonds is 7. The highest BCUT2D eigenvalue weighted by atomic mass is 32.2. The molecule has 1 aliphatic heterocycles. The molecule has 1 aliphatic rings. The molecule has 0 spiro atoms. The summed E-state index contributed by atoms with van der Waals surface area (Å²) < 4.78 is 42.1. The second kappa shape index (κ2) is 9.49. The summed E-state index contributed by atoms with van der Waals surface area (Å²) in [7, 11) is -2.47. The van der Waals surface area contributed by atoms with E-state index in [1.54, 1.807) is 0 Å². The number of aryl methyl sites for hydroxylation is 2. The minimum Gasteiger partial charge on any atom is -0.490 e. The normalized spacial score (nSPS) is 15.6. The fourth-order valence-corrected chi connectivity index (χ4v) is 4.80. The van der Waals surface area contributed by atoms with E-state index in [1.807, 2.05) is 50.2 Å². The van der Waals surface area contributed by atoms with E-state index in [0.717, 1.165) is 22.6 Å². The molecular formula is C22H27NO6S. The fourth-order valence-electron chi connectivity index (χ4n) is 3.43. The van der Waals surface area contributed by atoms with Crippen molar-refractivity contribution in [1.82, 2.24) is 4.31 Å². The second-order valence-electron chi connectivity index (χ2n) is 7.45. The van der Waals surface area contributed by atoms with Gasteiger partial charge in [0.1, 0.15) is 23.4 Å². The summed E-state index contributed by atoms with van der Waals surface area (Å²) in [5.41, 5.74) is 2.29. The molecule has 7 nitrogen and oxygen atoms in total. The Morgan fingerprint density at radius 3 is 2.10 bits per heavy atom. The number of ether oxygens (including phenoxy) is 3. The number of sulfonamides is 1.